The van der Waals surface area contributed by atoms with Crippen LogP contribution < -0.4 is 4.90 Å². The average Bonchev–Trinajstić information content (AvgIpc) is 3.73. The summed E-state index contributed by atoms with van der Waals surface area (Å²) in [7, 11) is 0. The number of para-hydroxylation sites is 3. The lowest BCUT2D eigenvalue weighted by molar-refractivity contribution is 1.18. The number of hydrogen-bond donors (Lipinski definition) is 0. The van der Waals surface area contributed by atoms with Gasteiger partial charge in [0.05, 0.1) is 45.7 Å². The van der Waals surface area contributed by atoms with Crippen LogP contribution >= 0.6 is 0 Å². The van der Waals surface area contributed by atoms with Crippen LogP contribution in [-0.4, -0.2) is 14.5 Å². The van der Waals surface area contributed by atoms with Crippen molar-refractivity contribution < 1.29 is 0 Å². The molecule has 0 aliphatic rings. The number of hydrogen-bond acceptors (Lipinski definition) is 5. The monoisotopic (exact) mass is 842 g/mol. The van der Waals surface area contributed by atoms with Crippen molar-refractivity contribution >= 4 is 38.9 Å². The number of anilines is 3. The normalized spacial score (nSPS) is 11.0. The summed E-state index contributed by atoms with van der Waals surface area (Å²) in [5, 5.41) is 23.4. The maximum Gasteiger partial charge on any atom is 0.160 e. The SMILES string of the molecule is N#Cc1cc(-c2ccc(-n3c4ccccc4c4cc(N(c5ccccc5)c5ccccc5)ccc43)cc2)c(C#N)cc1-c1ccc(-c2cc(-c3ccccc3)nc(-c3ccccc3)n2)cc1. The van der Waals surface area contributed by atoms with E-state index < -0.39 is 0 Å². The summed E-state index contributed by atoms with van der Waals surface area (Å²) in [5.41, 5.74) is 14.9. The number of benzene rings is 9. The zero-order valence-corrected chi connectivity index (χ0v) is 35.6. The zero-order chi connectivity index (χ0) is 44.4. The maximum atomic E-state index is 10.5. The molecule has 9 aromatic carbocycles. The predicted molar refractivity (Wildman–Crippen MR) is 268 cm³/mol. The van der Waals surface area contributed by atoms with Crippen LogP contribution in [0.3, 0.4) is 0 Å². The second-order valence-electron chi connectivity index (χ2n) is 16.0. The predicted octanol–water partition coefficient (Wildman–Crippen LogP) is 15.1. The molecular weight excluding hydrogens is 805 g/mol. The lowest BCUT2D eigenvalue weighted by Crippen LogP contribution is -2.09. The van der Waals surface area contributed by atoms with E-state index in [1.54, 1.807) is 0 Å². The second kappa shape index (κ2) is 17.1. The fourth-order valence-electron chi connectivity index (χ4n) is 8.92. The minimum atomic E-state index is 0.485. The van der Waals surface area contributed by atoms with Gasteiger partial charge in [-0.25, -0.2) is 9.97 Å². The van der Waals surface area contributed by atoms with Gasteiger partial charge in [0.25, 0.3) is 0 Å². The Kier molecular flexibility index (Phi) is 10.2. The summed E-state index contributed by atoms with van der Waals surface area (Å²) in [4.78, 5) is 12.2. The lowest BCUT2D eigenvalue weighted by Gasteiger charge is -2.25. The Morgan fingerprint density at radius 1 is 0.364 bits per heavy atom. The molecule has 0 saturated heterocycles. The van der Waals surface area contributed by atoms with E-state index in [-0.39, 0.29) is 0 Å². The fraction of sp³-hybridized carbons (Fsp3) is 0. The molecule has 0 aliphatic heterocycles. The minimum absolute atomic E-state index is 0.485. The first kappa shape index (κ1) is 39.5. The van der Waals surface area contributed by atoms with Gasteiger partial charge < -0.3 is 9.47 Å². The maximum absolute atomic E-state index is 10.5. The largest absolute Gasteiger partial charge is 0.310 e. The van der Waals surface area contributed by atoms with E-state index in [0.29, 0.717) is 28.1 Å². The molecule has 0 bridgehead atoms. The van der Waals surface area contributed by atoms with Crippen molar-refractivity contribution in [3.8, 4) is 74.0 Å². The first-order valence-electron chi connectivity index (χ1n) is 21.8. The van der Waals surface area contributed by atoms with Gasteiger partial charge in [0.2, 0.25) is 0 Å². The molecule has 6 heteroatoms. The molecule has 2 heterocycles. The van der Waals surface area contributed by atoms with Crippen molar-refractivity contribution in [3.63, 3.8) is 0 Å². The quantitative estimate of drug-likeness (QED) is 0.145. The summed E-state index contributed by atoms with van der Waals surface area (Å²) < 4.78 is 2.29. The highest BCUT2D eigenvalue weighted by Gasteiger charge is 2.19. The van der Waals surface area contributed by atoms with E-state index in [2.05, 4.69) is 125 Å². The molecule has 0 N–H and O–H groups in total. The highest BCUT2D eigenvalue weighted by atomic mass is 15.1. The molecular formula is C60H38N6. The summed E-state index contributed by atoms with van der Waals surface area (Å²) >= 11 is 0. The van der Waals surface area contributed by atoms with Crippen LogP contribution in [0.1, 0.15) is 11.1 Å². The molecule has 11 rings (SSSR count). The molecule has 11 aromatic rings. The van der Waals surface area contributed by atoms with Gasteiger partial charge in [-0.2, -0.15) is 10.5 Å². The average molecular weight is 843 g/mol. The topological polar surface area (TPSA) is 81.5 Å². The molecule has 0 spiro atoms. The molecule has 0 aliphatic carbocycles. The lowest BCUT2D eigenvalue weighted by atomic mass is 9.91. The van der Waals surface area contributed by atoms with Crippen LogP contribution in [0, 0.1) is 22.7 Å². The van der Waals surface area contributed by atoms with E-state index in [1.165, 1.54) is 0 Å². The Balaban J connectivity index is 0.929. The highest BCUT2D eigenvalue weighted by Crippen LogP contribution is 2.40. The van der Waals surface area contributed by atoms with E-state index in [1.807, 2.05) is 127 Å². The first-order chi connectivity index (χ1) is 32.6. The summed E-state index contributed by atoms with van der Waals surface area (Å²) in [6.07, 6.45) is 0. The number of nitrogens with zero attached hydrogens (tertiary/aromatic N) is 6. The fourth-order valence-corrected chi connectivity index (χ4v) is 8.92. The number of rotatable bonds is 9. The van der Waals surface area contributed by atoms with Gasteiger partial charge in [0, 0.05) is 61.3 Å². The standard InChI is InChI=1S/C60H38N6/c61-39-46-36-54(47(40-62)35-53(46)41-25-27-44(28-26-41)57-38-56(43-15-5-1-6-16-43)63-60(64-57)45-17-7-2-8-18-45)42-29-31-50(32-30-42)66-58-24-14-13-23-52(58)55-37-51(33-34-59(55)66)65(48-19-9-3-10-20-48)49-21-11-4-12-22-49/h1-38H. The number of fused-ring (bicyclic) bond motifs is 3. The molecule has 2 aromatic heterocycles. The van der Waals surface area contributed by atoms with Gasteiger partial charge in [-0.3, -0.25) is 0 Å². The Morgan fingerprint density at radius 2 is 0.818 bits per heavy atom. The molecule has 0 saturated carbocycles. The minimum Gasteiger partial charge on any atom is -0.310 e. The molecule has 0 amide bonds. The van der Waals surface area contributed by atoms with Gasteiger partial charge in [-0.15, -0.1) is 0 Å². The third-order valence-electron chi connectivity index (χ3n) is 12.1. The van der Waals surface area contributed by atoms with Crippen molar-refractivity contribution in [1.82, 2.24) is 14.5 Å². The Hall–Kier alpha value is -9.36. The molecule has 0 radical (unpaired) electrons. The Bertz CT molecular complexity index is 3530. The van der Waals surface area contributed by atoms with Crippen LogP contribution in [0.4, 0.5) is 17.1 Å². The summed E-state index contributed by atoms with van der Waals surface area (Å²) in [6.45, 7) is 0. The van der Waals surface area contributed by atoms with E-state index >= 15 is 0 Å². The van der Waals surface area contributed by atoms with E-state index in [0.717, 1.165) is 83.8 Å². The van der Waals surface area contributed by atoms with Gasteiger partial charge in [-0.05, 0) is 90.0 Å². The van der Waals surface area contributed by atoms with Gasteiger partial charge in [0.1, 0.15) is 0 Å². The van der Waals surface area contributed by atoms with Crippen LogP contribution in [-0.2, 0) is 0 Å². The first-order valence-corrected chi connectivity index (χ1v) is 21.8. The van der Waals surface area contributed by atoms with Crippen molar-refractivity contribution in [2.45, 2.75) is 0 Å². The van der Waals surface area contributed by atoms with Crippen LogP contribution in [0.5, 0.6) is 0 Å². The zero-order valence-electron chi connectivity index (χ0n) is 35.6. The van der Waals surface area contributed by atoms with Gasteiger partial charge in [-0.1, -0.05) is 152 Å². The molecule has 308 valence electrons. The highest BCUT2D eigenvalue weighted by molar-refractivity contribution is 6.10. The van der Waals surface area contributed by atoms with Gasteiger partial charge in [0.15, 0.2) is 5.82 Å². The molecule has 0 unspecified atom stereocenters. The summed E-state index contributed by atoms with van der Waals surface area (Å²) in [5.74, 6) is 0.642. The van der Waals surface area contributed by atoms with Crippen molar-refractivity contribution in [3.05, 3.63) is 242 Å². The number of nitriles is 2. The van der Waals surface area contributed by atoms with Crippen molar-refractivity contribution in [2.24, 2.45) is 0 Å². The number of aromatic nitrogens is 3. The molecule has 66 heavy (non-hydrogen) atoms. The molecule has 0 atom stereocenters. The third-order valence-corrected chi connectivity index (χ3v) is 12.1. The van der Waals surface area contributed by atoms with E-state index in [9.17, 15) is 10.5 Å². The second-order valence-corrected chi connectivity index (χ2v) is 16.0. The third kappa shape index (κ3) is 7.31. The smallest absolute Gasteiger partial charge is 0.160 e. The van der Waals surface area contributed by atoms with Crippen molar-refractivity contribution in [2.75, 3.05) is 4.90 Å². The van der Waals surface area contributed by atoms with Crippen LogP contribution in [0.25, 0.3) is 83.6 Å². The van der Waals surface area contributed by atoms with E-state index in [4.69, 9.17) is 9.97 Å². The Morgan fingerprint density at radius 3 is 1.38 bits per heavy atom. The molecule has 6 nitrogen and oxygen atoms in total. The van der Waals surface area contributed by atoms with Crippen molar-refractivity contribution in [1.29, 1.82) is 10.5 Å². The van der Waals surface area contributed by atoms with Crippen LogP contribution in [0.15, 0.2) is 231 Å². The summed E-state index contributed by atoms with van der Waals surface area (Å²) in [6, 6.07) is 82.9. The van der Waals surface area contributed by atoms with Crippen LogP contribution in [0.2, 0.25) is 0 Å². The Labute approximate surface area is 382 Å². The van der Waals surface area contributed by atoms with Gasteiger partial charge >= 0.3 is 0 Å². The molecule has 0 fully saturated rings.